The molecule has 2 N–H and O–H groups in total. The van der Waals surface area contributed by atoms with E-state index in [1.54, 1.807) is 6.92 Å². The lowest BCUT2D eigenvalue weighted by molar-refractivity contribution is -0.147. The van der Waals surface area contributed by atoms with E-state index in [0.717, 1.165) is 6.42 Å². The Kier molecular flexibility index (Phi) is 4.56. The van der Waals surface area contributed by atoms with Gasteiger partial charge in [-0.15, -0.1) is 0 Å². The van der Waals surface area contributed by atoms with Crippen LogP contribution in [0.1, 0.15) is 33.6 Å². The van der Waals surface area contributed by atoms with E-state index >= 15 is 0 Å². The van der Waals surface area contributed by atoms with Gasteiger partial charge < -0.3 is 20.0 Å². The summed E-state index contributed by atoms with van der Waals surface area (Å²) in [5.74, 6) is -1.03. The number of β-amino-alcohol motifs (C(OH)–C–C–N with tert-alkyl or cyclic N) is 1. The highest BCUT2D eigenvalue weighted by molar-refractivity contribution is 5.85. The van der Waals surface area contributed by atoms with E-state index in [-0.39, 0.29) is 12.6 Å². The van der Waals surface area contributed by atoms with Crippen LogP contribution in [0.3, 0.4) is 0 Å². The van der Waals surface area contributed by atoms with E-state index in [1.165, 1.54) is 23.6 Å². The lowest BCUT2D eigenvalue weighted by Crippen LogP contribution is -2.58. The van der Waals surface area contributed by atoms with E-state index < -0.39 is 17.6 Å². The number of carbonyl (C=O) groups excluding carboxylic acids is 1. The fourth-order valence-corrected chi connectivity index (χ4v) is 2.18. The Hall–Kier alpha value is -1.30. The predicted molar refractivity (Wildman–Crippen MR) is 66.3 cm³/mol. The van der Waals surface area contributed by atoms with Crippen LogP contribution in [-0.4, -0.2) is 63.3 Å². The highest BCUT2D eigenvalue weighted by Crippen LogP contribution is 2.19. The molecule has 1 heterocycles. The molecule has 1 aliphatic rings. The number of carbonyl (C=O) groups is 2. The first-order chi connectivity index (χ1) is 8.30. The molecule has 0 aromatic heterocycles. The van der Waals surface area contributed by atoms with Gasteiger partial charge in [0.05, 0.1) is 6.10 Å². The molecule has 1 atom stereocenters. The molecule has 0 saturated carbocycles. The van der Waals surface area contributed by atoms with Crippen LogP contribution in [-0.2, 0) is 4.79 Å². The maximum Gasteiger partial charge on any atom is 0.329 e. The highest BCUT2D eigenvalue weighted by atomic mass is 16.4. The molecule has 0 spiro atoms. The number of rotatable bonds is 3. The van der Waals surface area contributed by atoms with E-state index in [9.17, 15) is 19.8 Å². The number of hydrogen-bond donors (Lipinski definition) is 2. The number of urea groups is 1. The number of hydrogen-bond acceptors (Lipinski definition) is 3. The molecule has 1 unspecified atom stereocenters. The Morgan fingerprint density at radius 1 is 1.44 bits per heavy atom. The molecule has 6 nitrogen and oxygen atoms in total. The second kappa shape index (κ2) is 5.56. The zero-order valence-corrected chi connectivity index (χ0v) is 11.2. The van der Waals surface area contributed by atoms with Crippen molar-refractivity contribution in [1.29, 1.82) is 0 Å². The molecule has 0 aromatic carbocycles. The fourth-order valence-electron chi connectivity index (χ4n) is 2.18. The van der Waals surface area contributed by atoms with Gasteiger partial charge in [0, 0.05) is 19.6 Å². The average Bonchev–Trinajstić information content (AvgIpc) is 2.29. The summed E-state index contributed by atoms with van der Waals surface area (Å²) in [5.41, 5.74) is -1.24. The Bertz CT molecular complexity index is 330. The van der Waals surface area contributed by atoms with Gasteiger partial charge in [0.1, 0.15) is 5.54 Å². The molecule has 1 saturated heterocycles. The number of carboxylic acids is 1. The zero-order valence-electron chi connectivity index (χ0n) is 11.2. The van der Waals surface area contributed by atoms with Gasteiger partial charge in [0.15, 0.2) is 0 Å². The molecule has 1 aliphatic heterocycles. The molecule has 0 aliphatic carbocycles. The van der Waals surface area contributed by atoms with Crippen LogP contribution in [0.4, 0.5) is 4.79 Å². The fraction of sp³-hybridized carbons (Fsp3) is 0.833. The van der Waals surface area contributed by atoms with Crippen molar-refractivity contribution in [3.05, 3.63) is 0 Å². The minimum Gasteiger partial charge on any atom is -0.480 e. The van der Waals surface area contributed by atoms with Gasteiger partial charge in [-0.2, -0.15) is 0 Å². The Balaban J connectivity index is 2.82. The molecule has 0 bridgehead atoms. The third-order valence-corrected chi connectivity index (χ3v) is 3.41. The van der Waals surface area contributed by atoms with Crippen LogP contribution in [0.15, 0.2) is 0 Å². The highest BCUT2D eigenvalue weighted by Gasteiger charge is 2.39. The van der Waals surface area contributed by atoms with Gasteiger partial charge in [-0.3, -0.25) is 0 Å². The van der Waals surface area contributed by atoms with Crippen LogP contribution in [0.2, 0.25) is 0 Å². The van der Waals surface area contributed by atoms with Gasteiger partial charge in [-0.25, -0.2) is 9.59 Å². The zero-order chi connectivity index (χ0) is 13.9. The van der Waals surface area contributed by atoms with Gasteiger partial charge in [-0.1, -0.05) is 0 Å². The number of aliphatic hydroxyl groups is 1. The van der Waals surface area contributed by atoms with Crippen LogP contribution in [0.5, 0.6) is 0 Å². The molecular formula is C12H22N2O4. The summed E-state index contributed by atoms with van der Waals surface area (Å²) in [6, 6.07) is -0.316. The number of nitrogens with zero attached hydrogens (tertiary/aromatic N) is 2. The van der Waals surface area contributed by atoms with Crippen LogP contribution in [0.25, 0.3) is 0 Å². The molecule has 104 valence electrons. The van der Waals surface area contributed by atoms with E-state index in [1.807, 2.05) is 0 Å². The smallest absolute Gasteiger partial charge is 0.329 e. The SMILES string of the molecule is CCN(C(=O)N1CCCC(O)C1)C(C)(C)C(=O)O. The summed E-state index contributed by atoms with van der Waals surface area (Å²) >= 11 is 0. The number of aliphatic hydroxyl groups excluding tert-OH is 1. The first-order valence-corrected chi connectivity index (χ1v) is 6.28. The molecule has 18 heavy (non-hydrogen) atoms. The summed E-state index contributed by atoms with van der Waals surface area (Å²) in [4.78, 5) is 26.4. The molecule has 0 aromatic rings. The first-order valence-electron chi connectivity index (χ1n) is 6.28. The van der Waals surface area contributed by atoms with Crippen molar-refractivity contribution in [3.63, 3.8) is 0 Å². The van der Waals surface area contributed by atoms with Gasteiger partial charge >= 0.3 is 12.0 Å². The van der Waals surface area contributed by atoms with E-state index in [4.69, 9.17) is 0 Å². The maximum atomic E-state index is 12.3. The largest absolute Gasteiger partial charge is 0.480 e. The number of aliphatic carboxylic acids is 1. The molecule has 1 fully saturated rings. The minimum absolute atomic E-state index is 0.283. The quantitative estimate of drug-likeness (QED) is 0.782. The van der Waals surface area contributed by atoms with Crippen molar-refractivity contribution in [2.24, 2.45) is 0 Å². The summed E-state index contributed by atoms with van der Waals surface area (Å²) in [6.07, 6.45) is 0.935. The van der Waals surface area contributed by atoms with Crippen LogP contribution in [0, 0.1) is 0 Å². The van der Waals surface area contributed by atoms with E-state index in [0.29, 0.717) is 19.5 Å². The number of likely N-dealkylation sites (tertiary alicyclic amines) is 1. The summed E-state index contributed by atoms with van der Waals surface area (Å²) in [5, 5.41) is 18.7. The van der Waals surface area contributed by atoms with Gasteiger partial charge in [0.2, 0.25) is 0 Å². The monoisotopic (exact) mass is 258 g/mol. The van der Waals surface area contributed by atoms with Crippen molar-refractivity contribution < 1.29 is 19.8 Å². The molecule has 6 heteroatoms. The number of likely N-dealkylation sites (N-methyl/N-ethyl adjacent to an activating group) is 1. The number of piperidine rings is 1. The number of amides is 2. The summed E-state index contributed by atoms with van der Waals surface area (Å²) in [7, 11) is 0. The Morgan fingerprint density at radius 2 is 2.06 bits per heavy atom. The topological polar surface area (TPSA) is 81.1 Å². The van der Waals surface area contributed by atoms with Crippen molar-refractivity contribution in [2.75, 3.05) is 19.6 Å². The Morgan fingerprint density at radius 3 is 2.50 bits per heavy atom. The third-order valence-electron chi connectivity index (χ3n) is 3.41. The lowest BCUT2D eigenvalue weighted by atomic mass is 10.0. The van der Waals surface area contributed by atoms with Crippen LogP contribution < -0.4 is 0 Å². The normalized spacial score (nSPS) is 20.7. The standard InChI is InChI=1S/C12H22N2O4/c1-4-14(12(2,3)10(16)17)11(18)13-7-5-6-9(15)8-13/h9,15H,4-8H2,1-3H3,(H,16,17). The minimum atomic E-state index is -1.24. The first kappa shape index (κ1) is 14.8. The molecule has 0 radical (unpaired) electrons. The third kappa shape index (κ3) is 2.93. The van der Waals surface area contributed by atoms with Crippen molar-refractivity contribution in [3.8, 4) is 0 Å². The second-order valence-corrected chi connectivity index (χ2v) is 5.13. The summed E-state index contributed by atoms with van der Waals surface area (Å²) < 4.78 is 0. The van der Waals surface area contributed by atoms with Crippen molar-refractivity contribution in [1.82, 2.24) is 9.80 Å². The predicted octanol–water partition coefficient (Wildman–Crippen LogP) is 0.748. The van der Waals surface area contributed by atoms with Gasteiger partial charge in [0.25, 0.3) is 0 Å². The summed E-state index contributed by atoms with van der Waals surface area (Å²) in [6.45, 7) is 5.95. The van der Waals surface area contributed by atoms with Crippen molar-refractivity contribution >= 4 is 12.0 Å². The molecule has 2 amide bonds. The maximum absolute atomic E-state index is 12.3. The Labute approximate surface area is 107 Å². The van der Waals surface area contributed by atoms with Gasteiger partial charge in [-0.05, 0) is 33.6 Å². The average molecular weight is 258 g/mol. The number of carboxylic acid groups (broad SMARTS) is 1. The van der Waals surface area contributed by atoms with E-state index in [2.05, 4.69) is 0 Å². The van der Waals surface area contributed by atoms with Crippen molar-refractivity contribution in [2.45, 2.75) is 45.3 Å². The molecule has 1 rings (SSSR count). The second-order valence-electron chi connectivity index (χ2n) is 5.13. The molecular weight excluding hydrogens is 236 g/mol. The van der Waals surface area contributed by atoms with Crippen LogP contribution >= 0.6 is 0 Å². The lowest BCUT2D eigenvalue weighted by Gasteiger charge is -2.40.